The van der Waals surface area contributed by atoms with Crippen molar-refractivity contribution >= 4 is 11.6 Å². The minimum Gasteiger partial charge on any atom is -0.508 e. The van der Waals surface area contributed by atoms with Crippen LogP contribution in [-0.4, -0.2) is 11.7 Å². The Morgan fingerprint density at radius 1 is 1.38 bits per heavy atom. The Balaban J connectivity index is 2.51. The summed E-state index contributed by atoms with van der Waals surface area (Å²) >= 11 is 5.91. The normalized spacial score (nSPS) is 12.7. The fourth-order valence-electron chi connectivity index (χ4n) is 1.68. The van der Waals surface area contributed by atoms with Gasteiger partial charge in [0.25, 0.3) is 0 Å². The summed E-state index contributed by atoms with van der Waals surface area (Å²) in [6.07, 6.45) is 3.63. The SMILES string of the molecule is CCCCCNC(C)c1cc(Cl)ccc1O. The van der Waals surface area contributed by atoms with Gasteiger partial charge in [-0.3, -0.25) is 0 Å². The molecule has 0 aliphatic rings. The van der Waals surface area contributed by atoms with Gasteiger partial charge in [-0.2, -0.15) is 0 Å². The molecule has 0 aromatic heterocycles. The average molecular weight is 242 g/mol. The van der Waals surface area contributed by atoms with Crippen LogP contribution in [0.5, 0.6) is 5.75 Å². The number of nitrogens with one attached hydrogen (secondary N) is 1. The van der Waals surface area contributed by atoms with E-state index in [0.29, 0.717) is 10.8 Å². The van der Waals surface area contributed by atoms with Crippen molar-refractivity contribution in [3.63, 3.8) is 0 Å². The van der Waals surface area contributed by atoms with E-state index in [9.17, 15) is 5.11 Å². The van der Waals surface area contributed by atoms with Crippen molar-refractivity contribution in [1.29, 1.82) is 0 Å². The molecule has 1 rings (SSSR count). The van der Waals surface area contributed by atoms with Crippen LogP contribution in [0.25, 0.3) is 0 Å². The van der Waals surface area contributed by atoms with E-state index in [-0.39, 0.29) is 6.04 Å². The van der Waals surface area contributed by atoms with Gasteiger partial charge in [0.2, 0.25) is 0 Å². The van der Waals surface area contributed by atoms with Crippen LogP contribution in [0.3, 0.4) is 0 Å². The Kier molecular flexibility index (Phi) is 5.64. The third-order valence-electron chi connectivity index (χ3n) is 2.69. The summed E-state index contributed by atoms with van der Waals surface area (Å²) in [5.41, 5.74) is 0.865. The molecule has 2 nitrogen and oxygen atoms in total. The Labute approximate surface area is 103 Å². The monoisotopic (exact) mass is 241 g/mol. The van der Waals surface area contributed by atoms with Crippen molar-refractivity contribution in [3.8, 4) is 5.75 Å². The number of phenolic OH excluding ortho intramolecular Hbond substituents is 1. The Morgan fingerprint density at radius 3 is 2.81 bits per heavy atom. The average Bonchev–Trinajstić information content (AvgIpc) is 2.27. The van der Waals surface area contributed by atoms with E-state index >= 15 is 0 Å². The third-order valence-corrected chi connectivity index (χ3v) is 2.92. The summed E-state index contributed by atoms with van der Waals surface area (Å²) < 4.78 is 0. The van der Waals surface area contributed by atoms with Crippen molar-refractivity contribution in [2.24, 2.45) is 0 Å². The van der Waals surface area contributed by atoms with Crippen molar-refractivity contribution in [2.45, 2.75) is 39.2 Å². The van der Waals surface area contributed by atoms with E-state index in [2.05, 4.69) is 12.2 Å². The zero-order valence-electron chi connectivity index (χ0n) is 9.96. The number of benzene rings is 1. The molecule has 0 saturated carbocycles. The lowest BCUT2D eigenvalue weighted by atomic mass is 10.1. The van der Waals surface area contributed by atoms with Gasteiger partial charge in [-0.1, -0.05) is 31.4 Å². The molecule has 0 radical (unpaired) electrons. The van der Waals surface area contributed by atoms with Gasteiger partial charge in [-0.05, 0) is 38.1 Å². The van der Waals surface area contributed by atoms with Gasteiger partial charge in [-0.15, -0.1) is 0 Å². The number of hydrogen-bond acceptors (Lipinski definition) is 2. The minimum absolute atomic E-state index is 0.135. The van der Waals surface area contributed by atoms with Crippen molar-refractivity contribution in [2.75, 3.05) is 6.54 Å². The smallest absolute Gasteiger partial charge is 0.120 e. The maximum atomic E-state index is 9.71. The van der Waals surface area contributed by atoms with Crippen LogP contribution in [0, 0.1) is 0 Å². The topological polar surface area (TPSA) is 32.3 Å². The molecule has 3 heteroatoms. The van der Waals surface area contributed by atoms with Crippen LogP contribution in [0.2, 0.25) is 5.02 Å². The lowest BCUT2D eigenvalue weighted by Crippen LogP contribution is -2.19. The van der Waals surface area contributed by atoms with Crippen molar-refractivity contribution in [1.82, 2.24) is 5.32 Å². The van der Waals surface area contributed by atoms with Crippen LogP contribution in [0.1, 0.15) is 44.7 Å². The molecule has 0 spiro atoms. The Morgan fingerprint density at radius 2 is 2.12 bits per heavy atom. The first-order chi connectivity index (χ1) is 7.65. The highest BCUT2D eigenvalue weighted by atomic mass is 35.5. The van der Waals surface area contributed by atoms with Crippen LogP contribution >= 0.6 is 11.6 Å². The lowest BCUT2D eigenvalue weighted by molar-refractivity contribution is 0.451. The Bertz CT molecular complexity index is 328. The van der Waals surface area contributed by atoms with Gasteiger partial charge in [-0.25, -0.2) is 0 Å². The van der Waals surface area contributed by atoms with Crippen LogP contribution in [0.15, 0.2) is 18.2 Å². The molecule has 0 heterocycles. The molecule has 0 fully saturated rings. The predicted molar refractivity (Wildman–Crippen MR) is 69.1 cm³/mol. The minimum atomic E-state index is 0.135. The first-order valence-corrected chi connectivity index (χ1v) is 6.24. The second-order valence-electron chi connectivity index (χ2n) is 4.09. The van der Waals surface area contributed by atoms with Gasteiger partial charge >= 0.3 is 0 Å². The van der Waals surface area contributed by atoms with Crippen LogP contribution in [-0.2, 0) is 0 Å². The van der Waals surface area contributed by atoms with E-state index in [0.717, 1.165) is 12.1 Å². The lowest BCUT2D eigenvalue weighted by Gasteiger charge is -2.15. The van der Waals surface area contributed by atoms with Gasteiger partial charge in [0, 0.05) is 16.6 Å². The predicted octanol–water partition coefficient (Wildman–Crippen LogP) is 3.89. The van der Waals surface area contributed by atoms with Gasteiger partial charge in [0.15, 0.2) is 0 Å². The number of rotatable bonds is 6. The summed E-state index contributed by atoms with van der Waals surface area (Å²) in [4.78, 5) is 0. The largest absolute Gasteiger partial charge is 0.508 e. The summed E-state index contributed by atoms with van der Waals surface area (Å²) in [6, 6.07) is 5.29. The van der Waals surface area contributed by atoms with Crippen molar-refractivity contribution in [3.05, 3.63) is 28.8 Å². The molecular formula is C13H20ClNO. The second-order valence-corrected chi connectivity index (χ2v) is 4.52. The molecule has 0 saturated heterocycles. The third kappa shape index (κ3) is 4.03. The molecule has 0 bridgehead atoms. The van der Waals surface area contributed by atoms with E-state index in [4.69, 9.17) is 11.6 Å². The molecule has 16 heavy (non-hydrogen) atoms. The summed E-state index contributed by atoms with van der Waals surface area (Å²) in [5.74, 6) is 0.305. The van der Waals surface area contributed by atoms with E-state index < -0.39 is 0 Å². The zero-order chi connectivity index (χ0) is 12.0. The number of hydrogen-bond donors (Lipinski definition) is 2. The van der Waals surface area contributed by atoms with Gasteiger partial charge in [0.1, 0.15) is 5.75 Å². The second kappa shape index (κ2) is 6.77. The number of halogens is 1. The maximum Gasteiger partial charge on any atom is 0.120 e. The first-order valence-electron chi connectivity index (χ1n) is 5.87. The fourth-order valence-corrected chi connectivity index (χ4v) is 1.86. The number of phenols is 1. The molecule has 1 aromatic rings. The quantitative estimate of drug-likeness (QED) is 0.741. The first kappa shape index (κ1) is 13.3. The Hall–Kier alpha value is -0.730. The highest BCUT2D eigenvalue weighted by Crippen LogP contribution is 2.26. The van der Waals surface area contributed by atoms with Crippen LogP contribution in [0.4, 0.5) is 0 Å². The van der Waals surface area contributed by atoms with E-state index in [1.807, 2.05) is 13.0 Å². The van der Waals surface area contributed by atoms with Gasteiger partial charge in [0.05, 0.1) is 0 Å². The molecule has 0 amide bonds. The fraction of sp³-hybridized carbons (Fsp3) is 0.538. The summed E-state index contributed by atoms with van der Waals surface area (Å²) in [6.45, 7) is 5.20. The molecule has 1 unspecified atom stereocenters. The van der Waals surface area contributed by atoms with Crippen LogP contribution < -0.4 is 5.32 Å². The molecule has 1 atom stereocenters. The van der Waals surface area contributed by atoms with E-state index in [1.165, 1.54) is 19.3 Å². The van der Waals surface area contributed by atoms with Gasteiger partial charge < -0.3 is 10.4 Å². The highest BCUT2D eigenvalue weighted by molar-refractivity contribution is 6.30. The number of aromatic hydroxyl groups is 1. The number of unbranched alkanes of at least 4 members (excludes halogenated alkanes) is 2. The zero-order valence-corrected chi connectivity index (χ0v) is 10.7. The maximum absolute atomic E-state index is 9.71. The highest BCUT2D eigenvalue weighted by Gasteiger charge is 2.09. The molecule has 0 aliphatic carbocycles. The standard InChI is InChI=1S/C13H20ClNO/c1-3-4-5-8-15-10(2)12-9-11(14)6-7-13(12)16/h6-7,9-10,15-16H,3-5,8H2,1-2H3. The molecule has 2 N–H and O–H groups in total. The summed E-state index contributed by atoms with van der Waals surface area (Å²) in [7, 11) is 0. The molecule has 1 aromatic carbocycles. The van der Waals surface area contributed by atoms with Crippen molar-refractivity contribution < 1.29 is 5.11 Å². The van der Waals surface area contributed by atoms with E-state index in [1.54, 1.807) is 12.1 Å². The summed E-state index contributed by atoms with van der Waals surface area (Å²) in [5, 5.41) is 13.8. The molecule has 90 valence electrons. The molecule has 0 aliphatic heterocycles. The molecular weight excluding hydrogens is 222 g/mol.